The topological polar surface area (TPSA) is 40.5 Å². The summed E-state index contributed by atoms with van der Waals surface area (Å²) in [6.07, 6.45) is 3.37. The Morgan fingerprint density at radius 3 is 2.90 bits per heavy atom. The van der Waals surface area contributed by atoms with Gasteiger partial charge in [0.2, 0.25) is 0 Å². The molecule has 4 unspecified atom stereocenters. The van der Waals surface area contributed by atoms with Crippen molar-refractivity contribution in [2.75, 3.05) is 6.54 Å². The van der Waals surface area contributed by atoms with Crippen LogP contribution in [-0.4, -0.2) is 28.6 Å². The van der Waals surface area contributed by atoms with E-state index in [9.17, 15) is 9.90 Å². The molecule has 1 N–H and O–H groups in total. The molecule has 1 aliphatic carbocycles. The predicted molar refractivity (Wildman–Crippen MR) is 86.5 cm³/mol. The van der Waals surface area contributed by atoms with E-state index in [4.69, 9.17) is 11.6 Å². The minimum atomic E-state index is -0.690. The van der Waals surface area contributed by atoms with Crippen molar-refractivity contribution in [3.05, 3.63) is 33.3 Å². The number of benzene rings is 1. The van der Waals surface area contributed by atoms with Crippen LogP contribution in [0.2, 0.25) is 5.02 Å². The van der Waals surface area contributed by atoms with E-state index in [1.807, 2.05) is 18.2 Å². The number of aliphatic carboxylic acids is 1. The molecule has 0 spiro atoms. The number of nitrogens with zero attached hydrogens (tertiary/aromatic N) is 1. The lowest BCUT2D eigenvalue weighted by Gasteiger charge is -2.31. The number of carboxylic acid groups (broad SMARTS) is 1. The first-order valence-corrected chi connectivity index (χ1v) is 8.59. The van der Waals surface area contributed by atoms with Gasteiger partial charge in [-0.15, -0.1) is 0 Å². The lowest BCUT2D eigenvalue weighted by molar-refractivity contribution is -0.144. The largest absolute Gasteiger partial charge is 0.480 e. The van der Waals surface area contributed by atoms with Gasteiger partial charge in [0, 0.05) is 22.1 Å². The summed E-state index contributed by atoms with van der Waals surface area (Å²) >= 11 is 9.76. The second-order valence-electron chi connectivity index (χ2n) is 6.18. The summed E-state index contributed by atoms with van der Waals surface area (Å²) in [5, 5.41) is 10.4. The van der Waals surface area contributed by atoms with Crippen molar-refractivity contribution in [1.29, 1.82) is 0 Å². The van der Waals surface area contributed by atoms with E-state index < -0.39 is 5.97 Å². The third-order valence-corrected chi connectivity index (χ3v) is 5.91. The van der Waals surface area contributed by atoms with Crippen LogP contribution >= 0.6 is 27.5 Å². The number of carboxylic acids is 1. The lowest BCUT2D eigenvalue weighted by Crippen LogP contribution is -2.41. The average molecular weight is 373 g/mol. The van der Waals surface area contributed by atoms with Crippen LogP contribution < -0.4 is 0 Å². The summed E-state index contributed by atoms with van der Waals surface area (Å²) in [6.45, 7) is 2.93. The van der Waals surface area contributed by atoms with Crippen molar-refractivity contribution < 1.29 is 9.90 Å². The summed E-state index contributed by atoms with van der Waals surface area (Å²) in [6, 6.07) is 5.48. The Labute approximate surface area is 138 Å². The molecule has 3 rings (SSSR count). The van der Waals surface area contributed by atoms with Gasteiger partial charge in [0.15, 0.2) is 0 Å². The summed E-state index contributed by atoms with van der Waals surface area (Å²) in [7, 11) is 0. The van der Waals surface area contributed by atoms with E-state index in [2.05, 4.69) is 27.8 Å². The number of rotatable bonds is 3. The van der Waals surface area contributed by atoms with Crippen molar-refractivity contribution in [3.63, 3.8) is 0 Å². The van der Waals surface area contributed by atoms with Crippen LogP contribution in [0.25, 0.3) is 0 Å². The number of halogens is 2. The van der Waals surface area contributed by atoms with Gasteiger partial charge in [0.05, 0.1) is 0 Å². The SMILES string of the molecule is CC(c1ccc(Br)cc1Cl)N1CC2CCCC2C1C(=O)O. The standard InChI is InChI=1S/C16H19BrClNO2/c1-9(12-6-5-11(17)7-14(12)18)19-8-10-3-2-4-13(10)15(19)16(20)21/h5-7,9-10,13,15H,2-4,8H2,1H3,(H,20,21). The molecular weight excluding hydrogens is 354 g/mol. The van der Waals surface area contributed by atoms with Crippen LogP contribution in [-0.2, 0) is 4.79 Å². The number of fused-ring (bicyclic) bond motifs is 1. The molecular formula is C16H19BrClNO2. The summed E-state index contributed by atoms with van der Waals surface area (Å²) in [5.41, 5.74) is 1.01. The van der Waals surface area contributed by atoms with Gasteiger partial charge in [-0.2, -0.15) is 0 Å². The summed E-state index contributed by atoms with van der Waals surface area (Å²) in [4.78, 5) is 13.9. The van der Waals surface area contributed by atoms with Gasteiger partial charge < -0.3 is 5.11 Å². The maximum Gasteiger partial charge on any atom is 0.321 e. The second-order valence-corrected chi connectivity index (χ2v) is 7.50. The van der Waals surface area contributed by atoms with Crippen LogP contribution in [0, 0.1) is 11.8 Å². The number of hydrogen-bond acceptors (Lipinski definition) is 2. The maximum absolute atomic E-state index is 11.7. The van der Waals surface area contributed by atoms with Crippen molar-refractivity contribution in [3.8, 4) is 0 Å². The Balaban J connectivity index is 1.89. The van der Waals surface area contributed by atoms with Gasteiger partial charge in [-0.25, -0.2) is 0 Å². The molecule has 0 bridgehead atoms. The molecule has 1 aromatic carbocycles. The van der Waals surface area contributed by atoms with Crippen LogP contribution in [0.4, 0.5) is 0 Å². The van der Waals surface area contributed by atoms with Gasteiger partial charge in [-0.05, 0) is 49.3 Å². The summed E-state index contributed by atoms with van der Waals surface area (Å²) < 4.78 is 0.941. The Bertz CT molecular complexity index is 565. The van der Waals surface area contributed by atoms with Crippen LogP contribution in [0.1, 0.15) is 37.8 Å². The Kier molecular flexibility index (Phi) is 4.30. The highest BCUT2D eigenvalue weighted by molar-refractivity contribution is 9.10. The number of hydrogen-bond donors (Lipinski definition) is 1. The molecule has 0 amide bonds. The highest BCUT2D eigenvalue weighted by Gasteiger charge is 2.49. The second kappa shape index (κ2) is 5.90. The first-order chi connectivity index (χ1) is 9.99. The highest BCUT2D eigenvalue weighted by atomic mass is 79.9. The van der Waals surface area contributed by atoms with Gasteiger partial charge in [-0.1, -0.05) is 40.0 Å². The zero-order valence-corrected chi connectivity index (χ0v) is 14.3. The van der Waals surface area contributed by atoms with E-state index in [1.165, 1.54) is 6.42 Å². The fourth-order valence-electron chi connectivity index (χ4n) is 4.08. The predicted octanol–water partition coefficient (Wildman–Crippen LogP) is 4.35. The van der Waals surface area contributed by atoms with Crippen molar-refractivity contribution >= 4 is 33.5 Å². The van der Waals surface area contributed by atoms with Gasteiger partial charge >= 0.3 is 5.97 Å². The summed E-state index contributed by atoms with van der Waals surface area (Å²) in [5.74, 6) is 0.145. The maximum atomic E-state index is 11.7. The number of likely N-dealkylation sites (tertiary alicyclic amines) is 1. The van der Waals surface area contributed by atoms with Crippen LogP contribution in [0.5, 0.6) is 0 Å². The molecule has 114 valence electrons. The quantitative estimate of drug-likeness (QED) is 0.857. The van der Waals surface area contributed by atoms with Gasteiger partial charge in [0.25, 0.3) is 0 Å². The molecule has 1 saturated heterocycles. The third-order valence-electron chi connectivity index (χ3n) is 5.09. The first-order valence-electron chi connectivity index (χ1n) is 7.42. The highest BCUT2D eigenvalue weighted by Crippen LogP contribution is 2.46. The molecule has 1 heterocycles. The monoisotopic (exact) mass is 371 g/mol. The molecule has 5 heteroatoms. The fraction of sp³-hybridized carbons (Fsp3) is 0.562. The van der Waals surface area contributed by atoms with E-state index in [1.54, 1.807) is 0 Å². The average Bonchev–Trinajstić information content (AvgIpc) is 2.96. The number of carbonyl (C=O) groups is 1. The third kappa shape index (κ3) is 2.73. The lowest BCUT2D eigenvalue weighted by atomic mass is 9.94. The molecule has 1 aliphatic heterocycles. The minimum absolute atomic E-state index is 0.0253. The van der Waals surface area contributed by atoms with Crippen molar-refractivity contribution in [2.24, 2.45) is 11.8 Å². The van der Waals surface area contributed by atoms with Crippen molar-refractivity contribution in [1.82, 2.24) is 4.90 Å². The van der Waals surface area contributed by atoms with Crippen molar-refractivity contribution in [2.45, 2.75) is 38.3 Å². The molecule has 4 atom stereocenters. The Hall–Kier alpha value is -0.580. The van der Waals surface area contributed by atoms with E-state index >= 15 is 0 Å². The molecule has 1 aromatic rings. The molecule has 1 saturated carbocycles. The van der Waals surface area contributed by atoms with E-state index in [-0.39, 0.29) is 12.1 Å². The molecule has 0 aromatic heterocycles. The smallest absolute Gasteiger partial charge is 0.321 e. The Morgan fingerprint density at radius 1 is 1.48 bits per heavy atom. The Morgan fingerprint density at radius 2 is 2.24 bits per heavy atom. The fourth-order valence-corrected chi connectivity index (χ4v) is 4.91. The molecule has 2 fully saturated rings. The zero-order chi connectivity index (χ0) is 15.1. The molecule has 21 heavy (non-hydrogen) atoms. The molecule has 0 radical (unpaired) electrons. The van der Waals surface area contributed by atoms with Gasteiger partial charge in [0.1, 0.15) is 6.04 Å². The van der Waals surface area contributed by atoms with Gasteiger partial charge in [-0.3, -0.25) is 9.69 Å². The van der Waals surface area contributed by atoms with E-state index in [0.717, 1.165) is 29.4 Å². The molecule has 2 aliphatic rings. The van der Waals surface area contributed by atoms with Crippen LogP contribution in [0.15, 0.2) is 22.7 Å². The zero-order valence-electron chi connectivity index (χ0n) is 11.9. The normalized spacial score (nSPS) is 30.3. The first kappa shape index (κ1) is 15.3. The minimum Gasteiger partial charge on any atom is -0.480 e. The van der Waals surface area contributed by atoms with Crippen LogP contribution in [0.3, 0.4) is 0 Å². The van der Waals surface area contributed by atoms with E-state index in [0.29, 0.717) is 16.9 Å². The molecule has 3 nitrogen and oxygen atoms in total.